The molecule has 2 aromatic rings. The number of carbonyl (C=O) groups is 2. The predicted octanol–water partition coefficient (Wildman–Crippen LogP) is 2.75. The normalized spacial score (nSPS) is 19.4. The fourth-order valence-corrected chi connectivity index (χ4v) is 2.64. The van der Waals surface area contributed by atoms with Gasteiger partial charge in [-0.15, -0.1) is 0 Å². The maximum atomic E-state index is 13.0. The molecule has 1 aliphatic rings. The second-order valence-corrected chi connectivity index (χ2v) is 6.19. The number of halogens is 1. The summed E-state index contributed by atoms with van der Waals surface area (Å²) in [5.41, 5.74) is -1.38. The summed E-state index contributed by atoms with van der Waals surface area (Å²) < 4.78 is 18.7. The molecule has 0 radical (unpaired) electrons. The predicted molar refractivity (Wildman–Crippen MR) is 90.9 cm³/mol. The van der Waals surface area contributed by atoms with E-state index in [1.807, 2.05) is 13.8 Å². The Kier molecular flexibility index (Phi) is 4.16. The summed E-state index contributed by atoms with van der Waals surface area (Å²) in [6.45, 7) is 5.08. The van der Waals surface area contributed by atoms with E-state index in [4.69, 9.17) is 4.74 Å². The zero-order chi connectivity index (χ0) is 18.2. The summed E-state index contributed by atoms with van der Waals surface area (Å²) in [6.07, 6.45) is 1.56. The number of ether oxygens (including phenoxy) is 1. The third-order valence-electron chi connectivity index (χ3n) is 3.97. The minimum Gasteiger partial charge on any atom is -0.464 e. The molecule has 1 aromatic carbocycles. The smallest absolute Gasteiger partial charge is 0.282 e. The second-order valence-electron chi connectivity index (χ2n) is 6.19. The number of nitrogens with one attached hydrogen (secondary N) is 1. The molecular weight excluding hydrogens is 325 g/mol. The Bertz CT molecular complexity index is 823. The van der Waals surface area contributed by atoms with E-state index in [2.05, 4.69) is 10.3 Å². The zero-order valence-corrected chi connectivity index (χ0v) is 14.1. The number of carbonyl (C=O) groups excluding carboxylic acids is 2. The van der Waals surface area contributed by atoms with Crippen LogP contribution in [0.4, 0.5) is 15.9 Å². The van der Waals surface area contributed by atoms with Crippen LogP contribution in [0.5, 0.6) is 5.75 Å². The van der Waals surface area contributed by atoms with Crippen LogP contribution in [0.3, 0.4) is 0 Å². The van der Waals surface area contributed by atoms with Crippen LogP contribution in [0.25, 0.3) is 0 Å². The third kappa shape index (κ3) is 2.93. The number of hydrogen-bond donors (Lipinski definition) is 1. The van der Waals surface area contributed by atoms with E-state index in [1.165, 1.54) is 36.1 Å². The number of amides is 2. The van der Waals surface area contributed by atoms with E-state index in [9.17, 15) is 14.0 Å². The lowest BCUT2D eigenvalue weighted by molar-refractivity contribution is -0.145. The molecule has 130 valence electrons. The largest absolute Gasteiger partial charge is 0.464 e. The van der Waals surface area contributed by atoms with E-state index >= 15 is 0 Å². The highest BCUT2D eigenvalue weighted by molar-refractivity contribution is 6.19. The zero-order valence-electron chi connectivity index (χ0n) is 14.1. The van der Waals surface area contributed by atoms with Gasteiger partial charge in [0.25, 0.3) is 17.4 Å². The summed E-state index contributed by atoms with van der Waals surface area (Å²) in [7, 11) is 0. The highest BCUT2D eigenvalue weighted by Crippen LogP contribution is 2.37. The number of aromatic nitrogens is 1. The monoisotopic (exact) mass is 343 g/mol. The molecule has 0 bridgehead atoms. The first-order valence-corrected chi connectivity index (χ1v) is 7.87. The molecule has 0 saturated heterocycles. The molecule has 0 fully saturated rings. The number of benzene rings is 1. The first-order valence-electron chi connectivity index (χ1n) is 7.87. The molecule has 6 nitrogen and oxygen atoms in total. The van der Waals surface area contributed by atoms with Crippen molar-refractivity contribution in [3.05, 3.63) is 48.4 Å². The molecule has 0 aliphatic carbocycles. The van der Waals surface area contributed by atoms with Crippen molar-refractivity contribution in [1.29, 1.82) is 0 Å². The van der Waals surface area contributed by atoms with Crippen LogP contribution in [0.2, 0.25) is 0 Å². The number of hydrogen-bond acceptors (Lipinski definition) is 4. The minimum atomic E-state index is -1.76. The van der Waals surface area contributed by atoms with Crippen molar-refractivity contribution in [1.82, 2.24) is 4.98 Å². The van der Waals surface area contributed by atoms with Crippen molar-refractivity contribution >= 4 is 23.3 Å². The Morgan fingerprint density at radius 3 is 2.60 bits per heavy atom. The number of fused-ring (bicyclic) bond motifs is 1. The van der Waals surface area contributed by atoms with Gasteiger partial charge in [0.15, 0.2) is 11.6 Å². The van der Waals surface area contributed by atoms with Gasteiger partial charge in [0.1, 0.15) is 5.82 Å². The molecule has 2 amide bonds. The Labute approximate surface area is 144 Å². The SMILES string of the molecule is CC(C)N1C(=O)[C@](C)(C(=O)Nc2ccc(F)cc2)Oc2cccnc21. The van der Waals surface area contributed by atoms with E-state index in [0.29, 0.717) is 17.3 Å². The quantitative estimate of drug-likeness (QED) is 0.870. The maximum Gasteiger partial charge on any atom is 0.282 e. The van der Waals surface area contributed by atoms with Crippen molar-refractivity contribution in [2.45, 2.75) is 32.4 Å². The summed E-state index contributed by atoms with van der Waals surface area (Å²) in [5.74, 6) is -0.820. The van der Waals surface area contributed by atoms with Crippen molar-refractivity contribution in [2.24, 2.45) is 0 Å². The van der Waals surface area contributed by atoms with Gasteiger partial charge in [-0.3, -0.25) is 14.5 Å². The van der Waals surface area contributed by atoms with Gasteiger partial charge in [0.2, 0.25) is 0 Å². The lowest BCUT2D eigenvalue weighted by Crippen LogP contribution is -2.62. The van der Waals surface area contributed by atoms with Crippen LogP contribution >= 0.6 is 0 Å². The van der Waals surface area contributed by atoms with E-state index in [-0.39, 0.29) is 6.04 Å². The van der Waals surface area contributed by atoms with E-state index in [1.54, 1.807) is 18.3 Å². The molecule has 1 aromatic heterocycles. The molecule has 25 heavy (non-hydrogen) atoms. The van der Waals surface area contributed by atoms with Crippen LogP contribution in [-0.2, 0) is 9.59 Å². The first kappa shape index (κ1) is 16.9. The van der Waals surface area contributed by atoms with Crippen LogP contribution in [0.1, 0.15) is 20.8 Å². The Balaban J connectivity index is 1.95. The lowest BCUT2D eigenvalue weighted by Gasteiger charge is -2.40. The highest BCUT2D eigenvalue weighted by atomic mass is 19.1. The van der Waals surface area contributed by atoms with Crippen molar-refractivity contribution in [2.75, 3.05) is 10.2 Å². The van der Waals surface area contributed by atoms with Gasteiger partial charge in [0.05, 0.1) is 0 Å². The minimum absolute atomic E-state index is 0.206. The third-order valence-corrected chi connectivity index (χ3v) is 3.97. The van der Waals surface area contributed by atoms with Gasteiger partial charge < -0.3 is 10.1 Å². The van der Waals surface area contributed by atoms with Crippen molar-refractivity contribution in [3.8, 4) is 5.75 Å². The van der Waals surface area contributed by atoms with E-state index in [0.717, 1.165) is 0 Å². The second kappa shape index (κ2) is 6.16. The van der Waals surface area contributed by atoms with Gasteiger partial charge in [-0.05, 0) is 57.2 Å². The Hall–Kier alpha value is -2.96. The van der Waals surface area contributed by atoms with Crippen LogP contribution in [0.15, 0.2) is 42.6 Å². The van der Waals surface area contributed by atoms with Gasteiger partial charge in [-0.1, -0.05) is 0 Å². The van der Waals surface area contributed by atoms with Gasteiger partial charge in [-0.25, -0.2) is 9.37 Å². The van der Waals surface area contributed by atoms with Gasteiger partial charge >= 0.3 is 0 Å². The number of rotatable bonds is 3. The Morgan fingerprint density at radius 1 is 1.28 bits per heavy atom. The van der Waals surface area contributed by atoms with Crippen molar-refractivity contribution < 1.29 is 18.7 Å². The summed E-state index contributed by atoms with van der Waals surface area (Å²) in [5, 5.41) is 2.60. The molecule has 1 aliphatic heterocycles. The molecular formula is C18H18FN3O3. The molecule has 3 rings (SSSR count). The molecule has 0 spiro atoms. The van der Waals surface area contributed by atoms with Crippen LogP contribution in [0, 0.1) is 5.82 Å². The van der Waals surface area contributed by atoms with Gasteiger partial charge in [-0.2, -0.15) is 0 Å². The van der Waals surface area contributed by atoms with Crippen LogP contribution < -0.4 is 15.0 Å². The number of nitrogens with zero attached hydrogens (tertiary/aromatic N) is 2. The summed E-state index contributed by atoms with van der Waals surface area (Å²) in [4.78, 5) is 31.4. The average molecular weight is 343 g/mol. The maximum absolute atomic E-state index is 13.0. The lowest BCUT2D eigenvalue weighted by atomic mass is 9.99. The number of anilines is 2. The van der Waals surface area contributed by atoms with Crippen molar-refractivity contribution in [3.63, 3.8) is 0 Å². The molecule has 0 saturated carbocycles. The fourth-order valence-electron chi connectivity index (χ4n) is 2.64. The summed E-state index contributed by atoms with van der Waals surface area (Å²) >= 11 is 0. The summed E-state index contributed by atoms with van der Waals surface area (Å²) in [6, 6.07) is 8.41. The highest BCUT2D eigenvalue weighted by Gasteiger charge is 2.51. The number of pyridine rings is 1. The average Bonchev–Trinajstić information content (AvgIpc) is 2.57. The molecule has 2 heterocycles. The first-order chi connectivity index (χ1) is 11.8. The standard InChI is InChI=1S/C18H18FN3O3/c1-11(2)22-15-14(5-4-10-20-15)25-18(3,17(22)24)16(23)21-13-8-6-12(19)7-9-13/h4-11H,1-3H3,(H,21,23)/t18-/m0/s1. The molecule has 7 heteroatoms. The topological polar surface area (TPSA) is 71.5 Å². The van der Waals surface area contributed by atoms with Gasteiger partial charge in [0, 0.05) is 17.9 Å². The van der Waals surface area contributed by atoms with Crippen LogP contribution in [-0.4, -0.2) is 28.4 Å². The van der Waals surface area contributed by atoms with E-state index < -0.39 is 23.2 Å². The molecule has 1 atom stereocenters. The molecule has 0 unspecified atom stereocenters. The fraction of sp³-hybridized carbons (Fsp3) is 0.278. The Morgan fingerprint density at radius 2 is 1.96 bits per heavy atom. The molecule has 1 N–H and O–H groups in total.